The standard InChI is InChI=1S/C25H29NO9/c1-6-33-25(28)26-12-11-16-13-19-23(35-14-34-19)21(30-3)17(16)9-7-15-8-10-18(29-2)22(31-4)20(15)24(27)32-5/h7-10,13H,6,11-12,14H2,1-5H3,(H,26,28)/b9-7+. The topological polar surface area (TPSA) is 111 Å². The molecule has 1 N–H and O–H groups in total. The molecule has 0 bridgehead atoms. The molecule has 1 aliphatic rings. The quantitative estimate of drug-likeness (QED) is 0.396. The van der Waals surface area contributed by atoms with Crippen LogP contribution < -0.4 is 29.0 Å². The first-order chi connectivity index (χ1) is 17.0. The molecule has 0 aromatic heterocycles. The second kappa shape index (κ2) is 11.9. The van der Waals surface area contributed by atoms with Crippen LogP contribution >= 0.6 is 0 Å². The molecular formula is C25H29NO9. The predicted octanol–water partition coefficient (Wildman–Crippen LogP) is 3.69. The van der Waals surface area contributed by atoms with Crippen molar-refractivity contribution in [2.45, 2.75) is 13.3 Å². The van der Waals surface area contributed by atoms with Gasteiger partial charge in [0.2, 0.25) is 12.5 Å². The van der Waals surface area contributed by atoms with E-state index in [1.807, 2.05) is 6.07 Å². The van der Waals surface area contributed by atoms with Crippen LogP contribution in [-0.2, 0) is 15.9 Å². The van der Waals surface area contributed by atoms with Crippen LogP contribution in [0.15, 0.2) is 18.2 Å². The Morgan fingerprint density at radius 2 is 1.80 bits per heavy atom. The number of carbonyl (C=O) groups is 2. The summed E-state index contributed by atoms with van der Waals surface area (Å²) in [4.78, 5) is 24.3. The van der Waals surface area contributed by atoms with E-state index in [0.717, 1.165) is 5.56 Å². The van der Waals surface area contributed by atoms with Gasteiger partial charge in [0.15, 0.2) is 23.0 Å². The van der Waals surface area contributed by atoms with Gasteiger partial charge in [-0.25, -0.2) is 9.59 Å². The number of ether oxygens (including phenoxy) is 7. The van der Waals surface area contributed by atoms with Gasteiger partial charge in [-0.3, -0.25) is 0 Å². The van der Waals surface area contributed by atoms with Crippen molar-refractivity contribution in [3.05, 3.63) is 40.5 Å². The van der Waals surface area contributed by atoms with Crippen molar-refractivity contribution in [1.29, 1.82) is 0 Å². The van der Waals surface area contributed by atoms with Gasteiger partial charge in [-0.1, -0.05) is 18.2 Å². The van der Waals surface area contributed by atoms with E-state index in [9.17, 15) is 9.59 Å². The third-order valence-electron chi connectivity index (χ3n) is 5.28. The highest BCUT2D eigenvalue weighted by Gasteiger charge is 2.25. The first kappa shape index (κ1) is 25.5. The fourth-order valence-electron chi connectivity index (χ4n) is 3.72. The minimum absolute atomic E-state index is 0.0710. The second-order valence-corrected chi connectivity index (χ2v) is 7.20. The maximum absolute atomic E-state index is 12.6. The molecule has 0 unspecified atom stereocenters. The molecule has 3 rings (SSSR count). The Balaban J connectivity index is 2.05. The van der Waals surface area contributed by atoms with Gasteiger partial charge < -0.3 is 38.5 Å². The van der Waals surface area contributed by atoms with Crippen LogP contribution in [0.25, 0.3) is 12.2 Å². The number of fused-ring (bicyclic) bond motifs is 1. The Morgan fingerprint density at radius 3 is 2.46 bits per heavy atom. The Bertz CT molecular complexity index is 1110. The zero-order chi connectivity index (χ0) is 25.4. The van der Waals surface area contributed by atoms with Crippen LogP contribution in [0.5, 0.6) is 28.7 Å². The van der Waals surface area contributed by atoms with E-state index >= 15 is 0 Å². The van der Waals surface area contributed by atoms with Crippen molar-refractivity contribution in [2.75, 3.05) is 48.4 Å². The third-order valence-corrected chi connectivity index (χ3v) is 5.28. The summed E-state index contributed by atoms with van der Waals surface area (Å²) in [5.74, 6) is 1.59. The van der Waals surface area contributed by atoms with Gasteiger partial charge in [0.25, 0.3) is 0 Å². The Hall–Kier alpha value is -4.08. The first-order valence-electron chi connectivity index (χ1n) is 10.9. The van der Waals surface area contributed by atoms with E-state index in [-0.39, 0.29) is 24.7 Å². The fourth-order valence-corrected chi connectivity index (χ4v) is 3.72. The molecule has 0 radical (unpaired) electrons. The number of benzene rings is 2. The summed E-state index contributed by atoms with van der Waals surface area (Å²) < 4.78 is 37.5. The normalized spacial score (nSPS) is 11.8. The molecule has 1 aliphatic heterocycles. The highest BCUT2D eigenvalue weighted by molar-refractivity contribution is 5.99. The van der Waals surface area contributed by atoms with Gasteiger partial charge in [-0.05, 0) is 36.6 Å². The summed E-state index contributed by atoms with van der Waals surface area (Å²) in [5, 5.41) is 2.71. The van der Waals surface area contributed by atoms with Crippen LogP contribution in [-0.4, -0.2) is 60.4 Å². The summed E-state index contributed by atoms with van der Waals surface area (Å²) >= 11 is 0. The lowest BCUT2D eigenvalue weighted by Crippen LogP contribution is -2.26. The number of methoxy groups -OCH3 is 4. The van der Waals surface area contributed by atoms with E-state index in [1.54, 1.807) is 31.2 Å². The molecule has 2 aromatic carbocycles. The molecule has 10 nitrogen and oxygen atoms in total. The maximum atomic E-state index is 12.6. The van der Waals surface area contributed by atoms with Gasteiger partial charge in [0.05, 0.1) is 35.0 Å². The molecule has 0 atom stereocenters. The number of hydrogen-bond acceptors (Lipinski definition) is 9. The van der Waals surface area contributed by atoms with E-state index in [4.69, 9.17) is 33.2 Å². The van der Waals surface area contributed by atoms with Gasteiger partial charge in [-0.15, -0.1) is 0 Å². The van der Waals surface area contributed by atoms with Crippen molar-refractivity contribution in [1.82, 2.24) is 5.32 Å². The molecule has 0 aliphatic carbocycles. The van der Waals surface area contributed by atoms with E-state index in [0.29, 0.717) is 47.1 Å². The van der Waals surface area contributed by atoms with Crippen LogP contribution in [0.2, 0.25) is 0 Å². The van der Waals surface area contributed by atoms with E-state index < -0.39 is 12.1 Å². The summed E-state index contributed by atoms with van der Waals surface area (Å²) in [6.45, 7) is 2.42. The van der Waals surface area contributed by atoms with Crippen LogP contribution in [0, 0.1) is 0 Å². The SMILES string of the molecule is CCOC(=O)NCCc1cc2c(c(OC)c1/C=C/c1ccc(OC)c(OC)c1C(=O)OC)OCO2. The lowest BCUT2D eigenvalue weighted by molar-refractivity contribution is 0.0596. The largest absolute Gasteiger partial charge is 0.493 e. The average Bonchev–Trinajstić information content (AvgIpc) is 3.34. The summed E-state index contributed by atoms with van der Waals surface area (Å²) in [5.41, 5.74) is 2.30. The Labute approximate surface area is 203 Å². The van der Waals surface area contributed by atoms with Crippen molar-refractivity contribution >= 4 is 24.2 Å². The summed E-state index contributed by atoms with van der Waals surface area (Å²) in [6.07, 6.45) is 3.51. The second-order valence-electron chi connectivity index (χ2n) is 7.20. The lowest BCUT2D eigenvalue weighted by Gasteiger charge is -2.15. The Morgan fingerprint density at radius 1 is 1.03 bits per heavy atom. The van der Waals surface area contributed by atoms with Gasteiger partial charge >= 0.3 is 12.1 Å². The molecule has 0 saturated heterocycles. The molecule has 1 amide bonds. The van der Waals surface area contributed by atoms with Crippen LogP contribution in [0.1, 0.15) is 34.0 Å². The number of carbonyl (C=O) groups excluding carboxylic acids is 2. The van der Waals surface area contributed by atoms with Crippen molar-refractivity contribution in [2.24, 2.45) is 0 Å². The molecule has 2 aromatic rings. The first-order valence-corrected chi connectivity index (χ1v) is 10.9. The number of rotatable bonds is 10. The molecular weight excluding hydrogens is 458 g/mol. The third kappa shape index (κ3) is 5.53. The van der Waals surface area contributed by atoms with E-state index in [2.05, 4.69) is 5.32 Å². The molecule has 35 heavy (non-hydrogen) atoms. The molecule has 188 valence electrons. The lowest BCUT2D eigenvalue weighted by atomic mass is 9.99. The number of nitrogens with one attached hydrogen (secondary N) is 1. The average molecular weight is 488 g/mol. The predicted molar refractivity (Wildman–Crippen MR) is 128 cm³/mol. The smallest absolute Gasteiger partial charge is 0.407 e. The van der Waals surface area contributed by atoms with Crippen LogP contribution in [0.4, 0.5) is 4.79 Å². The van der Waals surface area contributed by atoms with Crippen molar-refractivity contribution < 1.29 is 42.7 Å². The van der Waals surface area contributed by atoms with Crippen LogP contribution in [0.3, 0.4) is 0 Å². The zero-order valence-electron chi connectivity index (χ0n) is 20.4. The minimum Gasteiger partial charge on any atom is -0.493 e. The highest BCUT2D eigenvalue weighted by atomic mass is 16.7. The van der Waals surface area contributed by atoms with E-state index in [1.165, 1.54) is 28.4 Å². The molecule has 10 heteroatoms. The Kier molecular flexibility index (Phi) is 8.66. The highest BCUT2D eigenvalue weighted by Crippen LogP contribution is 2.46. The number of hydrogen-bond donors (Lipinski definition) is 1. The van der Waals surface area contributed by atoms with Gasteiger partial charge in [0.1, 0.15) is 5.56 Å². The number of esters is 1. The molecule has 0 fully saturated rings. The van der Waals surface area contributed by atoms with Gasteiger partial charge in [-0.2, -0.15) is 0 Å². The minimum atomic E-state index is -0.572. The molecule has 0 spiro atoms. The number of alkyl carbamates (subject to hydrolysis) is 1. The monoisotopic (exact) mass is 487 g/mol. The molecule has 0 saturated carbocycles. The molecule has 1 heterocycles. The van der Waals surface area contributed by atoms with Gasteiger partial charge in [0, 0.05) is 12.1 Å². The number of amides is 1. The van der Waals surface area contributed by atoms with Crippen molar-refractivity contribution in [3.8, 4) is 28.7 Å². The summed E-state index contributed by atoms with van der Waals surface area (Å²) in [6, 6.07) is 5.27. The van der Waals surface area contributed by atoms with Crippen molar-refractivity contribution in [3.63, 3.8) is 0 Å². The summed E-state index contributed by atoms with van der Waals surface area (Å²) in [7, 11) is 5.77. The fraction of sp³-hybridized carbons (Fsp3) is 0.360. The maximum Gasteiger partial charge on any atom is 0.407 e. The zero-order valence-corrected chi connectivity index (χ0v) is 20.4.